The molecule has 0 saturated carbocycles. The van der Waals surface area contributed by atoms with E-state index in [4.69, 9.17) is 11.6 Å². The predicted molar refractivity (Wildman–Crippen MR) is 83.4 cm³/mol. The minimum Gasteiger partial charge on any atom is -0.296 e. The third-order valence-corrected chi connectivity index (χ3v) is 5.11. The normalized spacial score (nSPS) is 21.1. The molecule has 1 unspecified atom stereocenters. The first-order chi connectivity index (χ1) is 9.20. The van der Waals surface area contributed by atoms with Crippen molar-refractivity contribution in [2.24, 2.45) is 0 Å². The van der Waals surface area contributed by atoms with Crippen molar-refractivity contribution in [1.29, 1.82) is 0 Å². The van der Waals surface area contributed by atoms with Gasteiger partial charge in [-0.25, -0.2) is 0 Å². The van der Waals surface area contributed by atoms with Crippen molar-refractivity contribution in [2.45, 2.75) is 24.5 Å². The molecule has 1 atom stereocenters. The lowest BCUT2D eigenvalue weighted by Gasteiger charge is -2.19. The Bertz CT molecular complexity index is 438. The largest absolute Gasteiger partial charge is 0.296 e. The van der Waals surface area contributed by atoms with E-state index in [1.807, 2.05) is 30.0 Å². The molecule has 4 heteroatoms. The Kier molecular flexibility index (Phi) is 5.74. The standard InChI is InChI=1S/C15H20ClNOS/c1-19-12-5-4-9-17(10-8-12)11-15(18)13-6-2-3-7-14(13)16/h2-3,6-7,12H,4-5,8-11H2,1H3. The molecule has 0 bridgehead atoms. The molecule has 1 aliphatic heterocycles. The van der Waals surface area contributed by atoms with Crippen molar-refractivity contribution in [1.82, 2.24) is 4.90 Å². The van der Waals surface area contributed by atoms with Gasteiger partial charge >= 0.3 is 0 Å². The van der Waals surface area contributed by atoms with Crippen LogP contribution < -0.4 is 0 Å². The van der Waals surface area contributed by atoms with Crippen molar-refractivity contribution in [3.63, 3.8) is 0 Å². The highest BCUT2D eigenvalue weighted by Gasteiger charge is 2.19. The Balaban J connectivity index is 1.94. The van der Waals surface area contributed by atoms with Gasteiger partial charge in [0.1, 0.15) is 0 Å². The van der Waals surface area contributed by atoms with Crippen LogP contribution in [0.3, 0.4) is 0 Å². The molecular formula is C15H20ClNOS. The smallest absolute Gasteiger partial charge is 0.178 e. The average molecular weight is 298 g/mol. The monoisotopic (exact) mass is 297 g/mol. The summed E-state index contributed by atoms with van der Waals surface area (Å²) < 4.78 is 0. The van der Waals surface area contributed by atoms with Crippen molar-refractivity contribution < 1.29 is 4.79 Å². The van der Waals surface area contributed by atoms with Crippen LogP contribution in [0.25, 0.3) is 0 Å². The SMILES string of the molecule is CSC1CCCN(CC(=O)c2ccccc2Cl)CC1. The molecule has 1 aromatic carbocycles. The van der Waals surface area contributed by atoms with Crippen LogP contribution in [0.2, 0.25) is 5.02 Å². The number of nitrogens with zero attached hydrogens (tertiary/aromatic N) is 1. The Morgan fingerprint density at radius 2 is 2.16 bits per heavy atom. The summed E-state index contributed by atoms with van der Waals surface area (Å²) >= 11 is 8.02. The van der Waals surface area contributed by atoms with Gasteiger partial charge in [0, 0.05) is 10.8 Å². The zero-order valence-corrected chi connectivity index (χ0v) is 12.8. The van der Waals surface area contributed by atoms with Gasteiger partial charge in [-0.05, 0) is 50.7 Å². The zero-order valence-electron chi connectivity index (χ0n) is 11.3. The molecule has 0 spiro atoms. The van der Waals surface area contributed by atoms with Gasteiger partial charge in [-0.1, -0.05) is 23.7 Å². The number of thioether (sulfide) groups is 1. The van der Waals surface area contributed by atoms with Gasteiger partial charge in [0.15, 0.2) is 5.78 Å². The van der Waals surface area contributed by atoms with Gasteiger partial charge < -0.3 is 0 Å². The van der Waals surface area contributed by atoms with Crippen LogP contribution in [0, 0.1) is 0 Å². The molecule has 19 heavy (non-hydrogen) atoms. The fourth-order valence-corrected chi connectivity index (χ4v) is 3.48. The number of carbonyl (C=O) groups is 1. The lowest BCUT2D eigenvalue weighted by molar-refractivity contribution is 0.0933. The number of hydrogen-bond donors (Lipinski definition) is 0. The number of carbonyl (C=O) groups excluding carboxylic acids is 1. The summed E-state index contributed by atoms with van der Waals surface area (Å²) in [6.07, 6.45) is 5.80. The van der Waals surface area contributed by atoms with Crippen LogP contribution in [0.1, 0.15) is 29.6 Å². The van der Waals surface area contributed by atoms with Crippen LogP contribution in [-0.4, -0.2) is 41.8 Å². The maximum absolute atomic E-state index is 12.3. The zero-order chi connectivity index (χ0) is 13.7. The number of rotatable bonds is 4. The molecule has 0 N–H and O–H groups in total. The van der Waals surface area contributed by atoms with E-state index in [-0.39, 0.29) is 5.78 Å². The van der Waals surface area contributed by atoms with Gasteiger partial charge in [-0.2, -0.15) is 11.8 Å². The Labute approximate surface area is 124 Å². The van der Waals surface area contributed by atoms with Crippen molar-refractivity contribution in [3.05, 3.63) is 34.9 Å². The number of Topliss-reactive ketones (excluding diaryl/α,β-unsaturated/α-hetero) is 1. The minimum absolute atomic E-state index is 0.133. The van der Waals surface area contributed by atoms with Gasteiger partial charge in [-0.15, -0.1) is 0 Å². The third kappa shape index (κ3) is 4.23. The fourth-order valence-electron chi connectivity index (χ4n) is 2.49. The van der Waals surface area contributed by atoms with Crippen LogP contribution in [-0.2, 0) is 0 Å². The lowest BCUT2D eigenvalue weighted by atomic mass is 10.1. The summed E-state index contributed by atoms with van der Waals surface area (Å²) in [5.41, 5.74) is 0.648. The molecule has 1 fully saturated rings. The van der Waals surface area contributed by atoms with E-state index in [0.717, 1.165) is 18.3 Å². The summed E-state index contributed by atoms with van der Waals surface area (Å²) in [4.78, 5) is 14.5. The van der Waals surface area contributed by atoms with Crippen LogP contribution in [0.4, 0.5) is 0 Å². The molecule has 0 aliphatic carbocycles. The van der Waals surface area contributed by atoms with Gasteiger partial charge in [-0.3, -0.25) is 9.69 Å². The highest BCUT2D eigenvalue weighted by Crippen LogP contribution is 2.22. The second-order valence-corrected chi connectivity index (χ2v) is 6.51. The quantitative estimate of drug-likeness (QED) is 0.790. The first-order valence-electron chi connectivity index (χ1n) is 6.73. The van der Waals surface area contributed by atoms with Gasteiger partial charge in [0.2, 0.25) is 0 Å². The lowest BCUT2D eigenvalue weighted by Crippen LogP contribution is -2.31. The number of halogens is 1. The van der Waals surface area contributed by atoms with E-state index in [2.05, 4.69) is 11.2 Å². The third-order valence-electron chi connectivity index (χ3n) is 3.64. The van der Waals surface area contributed by atoms with Crippen molar-refractivity contribution in [2.75, 3.05) is 25.9 Å². The van der Waals surface area contributed by atoms with E-state index in [9.17, 15) is 4.79 Å². The molecule has 1 aliphatic rings. The maximum Gasteiger partial charge on any atom is 0.178 e. The van der Waals surface area contributed by atoms with E-state index in [0.29, 0.717) is 17.1 Å². The second kappa shape index (κ2) is 7.32. The summed E-state index contributed by atoms with van der Waals surface area (Å²) in [6.45, 7) is 2.53. The van der Waals surface area contributed by atoms with Crippen LogP contribution >= 0.6 is 23.4 Å². The summed E-state index contributed by atoms with van der Waals surface area (Å²) in [5, 5.41) is 1.31. The Hall–Kier alpha value is -0.510. The highest BCUT2D eigenvalue weighted by atomic mass is 35.5. The maximum atomic E-state index is 12.3. The van der Waals surface area contributed by atoms with Crippen molar-refractivity contribution in [3.8, 4) is 0 Å². The summed E-state index contributed by atoms with van der Waals surface area (Å²) in [5.74, 6) is 0.133. The Morgan fingerprint density at radius 1 is 1.37 bits per heavy atom. The minimum atomic E-state index is 0.133. The number of likely N-dealkylation sites (tertiary alicyclic amines) is 1. The molecule has 2 rings (SSSR count). The van der Waals surface area contributed by atoms with Gasteiger partial charge in [0.25, 0.3) is 0 Å². The molecule has 1 aromatic rings. The second-order valence-electron chi connectivity index (χ2n) is 4.97. The number of ketones is 1. The molecule has 0 amide bonds. The van der Waals surface area contributed by atoms with Crippen LogP contribution in [0.5, 0.6) is 0 Å². The molecule has 1 saturated heterocycles. The first kappa shape index (κ1) is 14.9. The highest BCUT2D eigenvalue weighted by molar-refractivity contribution is 7.99. The molecular weight excluding hydrogens is 278 g/mol. The fraction of sp³-hybridized carbons (Fsp3) is 0.533. The number of hydrogen-bond acceptors (Lipinski definition) is 3. The number of benzene rings is 1. The van der Waals surface area contributed by atoms with Crippen LogP contribution in [0.15, 0.2) is 24.3 Å². The summed E-state index contributed by atoms with van der Waals surface area (Å²) in [7, 11) is 0. The molecule has 2 nitrogen and oxygen atoms in total. The Morgan fingerprint density at radius 3 is 2.89 bits per heavy atom. The van der Waals surface area contributed by atoms with Gasteiger partial charge in [0.05, 0.1) is 11.6 Å². The first-order valence-corrected chi connectivity index (χ1v) is 8.40. The topological polar surface area (TPSA) is 20.3 Å². The van der Waals surface area contributed by atoms with E-state index < -0.39 is 0 Å². The summed E-state index contributed by atoms with van der Waals surface area (Å²) in [6, 6.07) is 7.31. The average Bonchev–Trinajstić information content (AvgIpc) is 2.64. The van der Waals surface area contributed by atoms with E-state index in [1.54, 1.807) is 6.07 Å². The van der Waals surface area contributed by atoms with E-state index >= 15 is 0 Å². The molecule has 104 valence electrons. The molecule has 1 heterocycles. The molecule has 0 radical (unpaired) electrons. The molecule has 0 aromatic heterocycles. The van der Waals surface area contributed by atoms with Crippen molar-refractivity contribution >= 4 is 29.1 Å². The predicted octanol–water partition coefficient (Wildman–Crippen LogP) is 3.74. The van der Waals surface area contributed by atoms with E-state index in [1.165, 1.54) is 19.3 Å².